The summed E-state index contributed by atoms with van der Waals surface area (Å²) in [5.74, 6) is -0.533. The minimum Gasteiger partial charge on any atom is -0.398 e. The Bertz CT molecular complexity index is 458. The maximum Gasteiger partial charge on any atom is 0.267 e. The standard InChI is InChI=1S/C13H20N4O2/c1-2-10(17-5-7-19-8-6-17)11-9(14)3-4-16-12(11)13(15)18/h3-4,10H,2,5-8H2,1H3,(H2,14,16)(H2,15,18). The Balaban J connectivity index is 2.39. The van der Waals surface area contributed by atoms with E-state index in [0.29, 0.717) is 18.9 Å². The predicted molar refractivity (Wildman–Crippen MR) is 72.6 cm³/mol. The Morgan fingerprint density at radius 1 is 1.53 bits per heavy atom. The number of rotatable bonds is 4. The number of primary amides is 1. The number of ether oxygens (including phenoxy) is 1. The first kappa shape index (κ1) is 13.8. The Labute approximate surface area is 112 Å². The second-order valence-corrected chi connectivity index (χ2v) is 4.60. The van der Waals surface area contributed by atoms with Crippen LogP contribution in [-0.4, -0.2) is 42.1 Å². The third kappa shape index (κ3) is 2.85. The van der Waals surface area contributed by atoms with Gasteiger partial charge < -0.3 is 16.2 Å². The van der Waals surface area contributed by atoms with Crippen LogP contribution < -0.4 is 11.5 Å². The van der Waals surface area contributed by atoms with Gasteiger partial charge in [0, 0.05) is 36.6 Å². The first-order chi connectivity index (χ1) is 9.15. The largest absolute Gasteiger partial charge is 0.398 e. The molecule has 1 aromatic heterocycles. The Morgan fingerprint density at radius 2 is 2.21 bits per heavy atom. The minimum atomic E-state index is -0.533. The number of nitrogen functional groups attached to an aromatic ring is 1. The van der Waals surface area contributed by atoms with Crippen LogP contribution in [0.15, 0.2) is 12.3 Å². The van der Waals surface area contributed by atoms with Crippen molar-refractivity contribution in [1.29, 1.82) is 0 Å². The SMILES string of the molecule is CCC(c1c(N)ccnc1C(N)=O)N1CCOCC1. The van der Waals surface area contributed by atoms with Crippen molar-refractivity contribution in [1.82, 2.24) is 9.88 Å². The van der Waals surface area contributed by atoms with Gasteiger partial charge in [-0.25, -0.2) is 0 Å². The lowest BCUT2D eigenvalue weighted by Crippen LogP contribution is -2.40. The molecule has 6 heteroatoms. The molecule has 0 saturated carbocycles. The molecule has 4 N–H and O–H groups in total. The van der Waals surface area contributed by atoms with Crippen LogP contribution in [0, 0.1) is 0 Å². The van der Waals surface area contributed by atoms with Gasteiger partial charge in [-0.1, -0.05) is 6.92 Å². The number of morpholine rings is 1. The van der Waals surface area contributed by atoms with Crippen LogP contribution in [0.2, 0.25) is 0 Å². The molecule has 2 heterocycles. The quantitative estimate of drug-likeness (QED) is 0.828. The molecule has 0 aliphatic carbocycles. The normalized spacial score (nSPS) is 18.2. The molecular formula is C13H20N4O2. The third-order valence-corrected chi connectivity index (χ3v) is 3.46. The van der Waals surface area contributed by atoms with Gasteiger partial charge in [0.25, 0.3) is 5.91 Å². The van der Waals surface area contributed by atoms with Gasteiger partial charge in [0.1, 0.15) is 5.69 Å². The zero-order valence-corrected chi connectivity index (χ0v) is 11.1. The summed E-state index contributed by atoms with van der Waals surface area (Å²) >= 11 is 0. The van der Waals surface area contributed by atoms with E-state index in [4.69, 9.17) is 16.2 Å². The summed E-state index contributed by atoms with van der Waals surface area (Å²) < 4.78 is 5.36. The maximum absolute atomic E-state index is 11.5. The first-order valence-electron chi connectivity index (χ1n) is 6.51. The number of nitrogens with zero attached hydrogens (tertiary/aromatic N) is 2. The average Bonchev–Trinajstić information content (AvgIpc) is 2.42. The van der Waals surface area contributed by atoms with E-state index < -0.39 is 5.91 Å². The first-order valence-corrected chi connectivity index (χ1v) is 6.51. The molecule has 0 bridgehead atoms. The van der Waals surface area contributed by atoms with Crippen molar-refractivity contribution in [3.05, 3.63) is 23.5 Å². The summed E-state index contributed by atoms with van der Waals surface area (Å²) in [7, 11) is 0. The molecule has 0 aromatic carbocycles. The van der Waals surface area contributed by atoms with Gasteiger partial charge in [0.2, 0.25) is 0 Å². The number of hydrogen-bond donors (Lipinski definition) is 2. The maximum atomic E-state index is 11.5. The highest BCUT2D eigenvalue weighted by atomic mass is 16.5. The van der Waals surface area contributed by atoms with Crippen molar-refractivity contribution in [2.45, 2.75) is 19.4 Å². The van der Waals surface area contributed by atoms with Crippen LogP contribution in [-0.2, 0) is 4.74 Å². The van der Waals surface area contributed by atoms with Crippen LogP contribution in [0.3, 0.4) is 0 Å². The van der Waals surface area contributed by atoms with Gasteiger partial charge >= 0.3 is 0 Å². The van der Waals surface area contributed by atoms with E-state index >= 15 is 0 Å². The number of nitrogens with two attached hydrogens (primary N) is 2. The molecular weight excluding hydrogens is 244 g/mol. The van der Waals surface area contributed by atoms with Crippen molar-refractivity contribution in [2.24, 2.45) is 5.73 Å². The highest BCUT2D eigenvalue weighted by molar-refractivity contribution is 5.93. The number of hydrogen-bond acceptors (Lipinski definition) is 5. The van der Waals surface area contributed by atoms with Gasteiger partial charge in [0.15, 0.2) is 0 Å². The molecule has 1 saturated heterocycles. The van der Waals surface area contributed by atoms with Gasteiger partial charge in [-0.15, -0.1) is 0 Å². The highest BCUT2D eigenvalue weighted by Crippen LogP contribution is 2.31. The van der Waals surface area contributed by atoms with E-state index in [9.17, 15) is 4.79 Å². The molecule has 1 aliphatic heterocycles. The topological polar surface area (TPSA) is 94.5 Å². The summed E-state index contributed by atoms with van der Waals surface area (Å²) in [6.45, 7) is 5.11. The number of anilines is 1. The van der Waals surface area contributed by atoms with E-state index in [1.54, 1.807) is 6.07 Å². The minimum absolute atomic E-state index is 0.0556. The molecule has 0 radical (unpaired) electrons. The van der Waals surface area contributed by atoms with Crippen LogP contribution in [0.25, 0.3) is 0 Å². The zero-order chi connectivity index (χ0) is 13.8. The van der Waals surface area contributed by atoms with Crippen molar-refractivity contribution in [3.63, 3.8) is 0 Å². The van der Waals surface area contributed by atoms with Crippen molar-refractivity contribution in [3.8, 4) is 0 Å². The number of pyridine rings is 1. The van der Waals surface area contributed by atoms with E-state index in [-0.39, 0.29) is 11.7 Å². The van der Waals surface area contributed by atoms with Crippen molar-refractivity contribution >= 4 is 11.6 Å². The summed E-state index contributed by atoms with van der Waals surface area (Å²) in [5.41, 5.74) is 13.0. The van der Waals surface area contributed by atoms with E-state index in [1.165, 1.54) is 6.20 Å². The van der Waals surface area contributed by atoms with E-state index in [1.807, 2.05) is 0 Å². The fraction of sp³-hybridized carbons (Fsp3) is 0.538. The fourth-order valence-corrected chi connectivity index (χ4v) is 2.57. The molecule has 1 atom stereocenters. The lowest BCUT2D eigenvalue weighted by Gasteiger charge is -2.35. The van der Waals surface area contributed by atoms with Crippen LogP contribution in [0.1, 0.15) is 35.4 Å². The Hall–Kier alpha value is -1.66. The third-order valence-electron chi connectivity index (χ3n) is 3.46. The van der Waals surface area contributed by atoms with Gasteiger partial charge in [-0.05, 0) is 12.5 Å². The number of carbonyl (C=O) groups excluding carboxylic acids is 1. The molecule has 1 unspecified atom stereocenters. The van der Waals surface area contributed by atoms with Gasteiger partial charge in [-0.2, -0.15) is 0 Å². The predicted octanol–water partition coefficient (Wildman–Crippen LogP) is 0.546. The molecule has 2 rings (SSSR count). The molecule has 1 aliphatic rings. The summed E-state index contributed by atoms with van der Waals surface area (Å²) in [4.78, 5) is 17.9. The average molecular weight is 264 g/mol. The number of carbonyl (C=O) groups is 1. The number of amides is 1. The molecule has 1 aromatic rings. The highest BCUT2D eigenvalue weighted by Gasteiger charge is 2.27. The monoisotopic (exact) mass is 264 g/mol. The van der Waals surface area contributed by atoms with E-state index in [0.717, 1.165) is 25.1 Å². The molecule has 104 valence electrons. The van der Waals surface area contributed by atoms with E-state index in [2.05, 4.69) is 16.8 Å². The lowest BCUT2D eigenvalue weighted by molar-refractivity contribution is 0.0151. The van der Waals surface area contributed by atoms with Crippen LogP contribution >= 0.6 is 0 Å². The molecule has 6 nitrogen and oxygen atoms in total. The molecule has 1 amide bonds. The number of aromatic nitrogens is 1. The lowest BCUT2D eigenvalue weighted by atomic mass is 9.98. The van der Waals surface area contributed by atoms with Gasteiger partial charge in [-0.3, -0.25) is 14.7 Å². The molecule has 1 fully saturated rings. The van der Waals surface area contributed by atoms with Crippen molar-refractivity contribution < 1.29 is 9.53 Å². The second kappa shape index (κ2) is 5.99. The second-order valence-electron chi connectivity index (χ2n) is 4.60. The fourth-order valence-electron chi connectivity index (χ4n) is 2.57. The Kier molecular flexibility index (Phi) is 4.34. The van der Waals surface area contributed by atoms with Crippen LogP contribution in [0.5, 0.6) is 0 Å². The Morgan fingerprint density at radius 3 is 2.79 bits per heavy atom. The smallest absolute Gasteiger partial charge is 0.267 e. The van der Waals surface area contributed by atoms with Crippen LogP contribution in [0.4, 0.5) is 5.69 Å². The summed E-state index contributed by atoms with van der Waals surface area (Å²) in [6.07, 6.45) is 2.36. The zero-order valence-electron chi connectivity index (χ0n) is 11.1. The van der Waals surface area contributed by atoms with Crippen molar-refractivity contribution in [2.75, 3.05) is 32.0 Å². The van der Waals surface area contributed by atoms with Gasteiger partial charge in [0.05, 0.1) is 13.2 Å². The molecule has 19 heavy (non-hydrogen) atoms. The summed E-state index contributed by atoms with van der Waals surface area (Å²) in [6, 6.07) is 1.77. The molecule has 0 spiro atoms. The summed E-state index contributed by atoms with van der Waals surface area (Å²) in [5, 5.41) is 0.